The summed E-state index contributed by atoms with van der Waals surface area (Å²) in [6.45, 7) is 2.38. The number of hydrogen-bond donors (Lipinski definition) is 1. The molecule has 1 amide bonds. The first-order valence-electron chi connectivity index (χ1n) is 5.96. The average Bonchev–Trinajstić information content (AvgIpc) is 2.44. The van der Waals surface area contributed by atoms with Crippen molar-refractivity contribution in [3.05, 3.63) is 52.3 Å². The number of ether oxygens (including phenoxy) is 1. The van der Waals surface area contributed by atoms with Crippen molar-refractivity contribution in [2.75, 3.05) is 11.9 Å². The third kappa shape index (κ3) is 3.40. The van der Waals surface area contributed by atoms with Gasteiger partial charge in [-0.3, -0.25) is 4.79 Å². The predicted octanol–water partition coefficient (Wildman–Crippen LogP) is 4.04. The summed E-state index contributed by atoms with van der Waals surface area (Å²) >= 11 is 11.7. The van der Waals surface area contributed by atoms with Gasteiger partial charge in [0, 0.05) is 6.20 Å². The highest BCUT2D eigenvalue weighted by atomic mass is 35.5. The van der Waals surface area contributed by atoms with Gasteiger partial charge in [0.25, 0.3) is 5.91 Å². The first-order chi connectivity index (χ1) is 9.61. The Kier molecular flexibility index (Phi) is 4.82. The number of nitrogens with one attached hydrogen (secondary N) is 1. The van der Waals surface area contributed by atoms with Crippen LogP contribution in [0.5, 0.6) is 5.75 Å². The topological polar surface area (TPSA) is 51.2 Å². The van der Waals surface area contributed by atoms with Gasteiger partial charge < -0.3 is 10.1 Å². The molecule has 0 saturated heterocycles. The zero-order valence-corrected chi connectivity index (χ0v) is 12.2. The lowest BCUT2D eigenvalue weighted by molar-refractivity contribution is 0.102. The molecule has 0 unspecified atom stereocenters. The van der Waals surface area contributed by atoms with E-state index in [1.165, 1.54) is 12.3 Å². The van der Waals surface area contributed by atoms with Crippen molar-refractivity contribution in [2.45, 2.75) is 6.92 Å². The Morgan fingerprint density at radius 3 is 2.85 bits per heavy atom. The van der Waals surface area contributed by atoms with Gasteiger partial charge in [-0.1, -0.05) is 35.3 Å². The fourth-order valence-electron chi connectivity index (χ4n) is 1.63. The number of pyridine rings is 1. The number of anilines is 1. The molecule has 1 aromatic heterocycles. The molecule has 0 radical (unpaired) electrons. The standard InChI is InChI=1S/C14H12Cl2N2O2/c1-2-20-12-6-4-3-5-11(12)18-14(19)9-7-13(16)17-8-10(9)15/h3-8H,2H2,1H3,(H,18,19). The van der Waals surface area contributed by atoms with E-state index in [1.807, 2.05) is 13.0 Å². The normalized spacial score (nSPS) is 10.2. The van der Waals surface area contributed by atoms with Gasteiger partial charge in [0.15, 0.2) is 0 Å². The van der Waals surface area contributed by atoms with E-state index >= 15 is 0 Å². The lowest BCUT2D eigenvalue weighted by Gasteiger charge is -2.11. The number of hydrogen-bond acceptors (Lipinski definition) is 3. The highest BCUT2D eigenvalue weighted by molar-refractivity contribution is 6.35. The fraction of sp³-hybridized carbons (Fsp3) is 0.143. The zero-order chi connectivity index (χ0) is 14.5. The summed E-state index contributed by atoms with van der Waals surface area (Å²) in [7, 11) is 0. The SMILES string of the molecule is CCOc1ccccc1NC(=O)c1cc(Cl)ncc1Cl. The van der Waals surface area contributed by atoms with E-state index in [0.29, 0.717) is 18.0 Å². The molecular weight excluding hydrogens is 299 g/mol. The zero-order valence-electron chi connectivity index (χ0n) is 10.7. The lowest BCUT2D eigenvalue weighted by Crippen LogP contribution is -2.13. The van der Waals surface area contributed by atoms with Crippen LogP contribution in [0.1, 0.15) is 17.3 Å². The molecule has 0 aliphatic rings. The molecule has 104 valence electrons. The van der Waals surface area contributed by atoms with Crippen LogP contribution in [0, 0.1) is 0 Å². The minimum atomic E-state index is -0.369. The molecule has 1 N–H and O–H groups in total. The van der Waals surface area contributed by atoms with E-state index in [2.05, 4.69) is 10.3 Å². The van der Waals surface area contributed by atoms with Crippen LogP contribution < -0.4 is 10.1 Å². The maximum atomic E-state index is 12.2. The van der Waals surface area contributed by atoms with Crippen molar-refractivity contribution in [1.29, 1.82) is 0 Å². The molecule has 0 aliphatic heterocycles. The molecule has 0 spiro atoms. The summed E-state index contributed by atoms with van der Waals surface area (Å²) in [5, 5.41) is 3.19. The molecule has 6 heteroatoms. The number of halogens is 2. The number of carbonyl (C=O) groups is 1. The molecule has 2 aromatic rings. The summed E-state index contributed by atoms with van der Waals surface area (Å²) in [5.74, 6) is 0.228. The van der Waals surface area contributed by atoms with Gasteiger partial charge in [-0.2, -0.15) is 0 Å². The monoisotopic (exact) mass is 310 g/mol. The van der Waals surface area contributed by atoms with Gasteiger partial charge in [-0.15, -0.1) is 0 Å². The van der Waals surface area contributed by atoms with Crippen LogP contribution in [0.4, 0.5) is 5.69 Å². The fourth-order valence-corrected chi connectivity index (χ4v) is 1.98. The number of benzene rings is 1. The van der Waals surface area contributed by atoms with Crippen molar-refractivity contribution < 1.29 is 9.53 Å². The second-order valence-electron chi connectivity index (χ2n) is 3.87. The van der Waals surface area contributed by atoms with Crippen molar-refractivity contribution in [1.82, 2.24) is 4.98 Å². The Morgan fingerprint density at radius 2 is 2.10 bits per heavy atom. The second kappa shape index (κ2) is 6.59. The highest BCUT2D eigenvalue weighted by Gasteiger charge is 2.14. The van der Waals surface area contributed by atoms with Crippen molar-refractivity contribution in [3.8, 4) is 5.75 Å². The maximum Gasteiger partial charge on any atom is 0.257 e. The van der Waals surface area contributed by atoms with Gasteiger partial charge in [-0.25, -0.2) is 4.98 Å². The molecule has 0 atom stereocenters. The molecular formula is C14H12Cl2N2O2. The molecule has 4 nitrogen and oxygen atoms in total. The molecule has 1 aromatic carbocycles. The van der Waals surface area contributed by atoms with Crippen LogP contribution in [0.15, 0.2) is 36.5 Å². The van der Waals surface area contributed by atoms with Crippen LogP contribution in [0.2, 0.25) is 10.2 Å². The largest absolute Gasteiger partial charge is 0.492 e. The third-order valence-electron chi connectivity index (χ3n) is 2.50. The van der Waals surface area contributed by atoms with E-state index < -0.39 is 0 Å². The maximum absolute atomic E-state index is 12.2. The highest BCUT2D eigenvalue weighted by Crippen LogP contribution is 2.26. The van der Waals surface area contributed by atoms with Gasteiger partial charge >= 0.3 is 0 Å². The van der Waals surface area contributed by atoms with Gasteiger partial charge in [-0.05, 0) is 25.1 Å². The van der Waals surface area contributed by atoms with E-state index in [-0.39, 0.29) is 21.6 Å². The number of carbonyl (C=O) groups excluding carboxylic acids is 1. The van der Waals surface area contributed by atoms with E-state index in [0.717, 1.165) is 0 Å². The summed E-state index contributed by atoms with van der Waals surface area (Å²) < 4.78 is 5.44. The number of amides is 1. The number of nitrogens with zero attached hydrogens (tertiary/aromatic N) is 1. The number of aromatic nitrogens is 1. The van der Waals surface area contributed by atoms with Gasteiger partial charge in [0.2, 0.25) is 0 Å². The number of rotatable bonds is 4. The van der Waals surface area contributed by atoms with E-state index in [9.17, 15) is 4.79 Å². The first-order valence-corrected chi connectivity index (χ1v) is 6.71. The second-order valence-corrected chi connectivity index (χ2v) is 4.66. The van der Waals surface area contributed by atoms with Crippen molar-refractivity contribution >= 4 is 34.8 Å². The van der Waals surface area contributed by atoms with Gasteiger partial charge in [0.1, 0.15) is 10.9 Å². The van der Waals surface area contributed by atoms with Crippen LogP contribution in [-0.2, 0) is 0 Å². The minimum absolute atomic E-state index is 0.206. The van der Waals surface area contributed by atoms with Crippen LogP contribution in [0.3, 0.4) is 0 Å². The Hall–Kier alpha value is -1.78. The lowest BCUT2D eigenvalue weighted by atomic mass is 10.2. The summed E-state index contributed by atoms with van der Waals surface area (Å²) in [6, 6.07) is 8.58. The van der Waals surface area contributed by atoms with Crippen LogP contribution >= 0.6 is 23.2 Å². The molecule has 0 saturated carbocycles. The average molecular weight is 311 g/mol. The molecule has 20 heavy (non-hydrogen) atoms. The molecule has 0 aliphatic carbocycles. The van der Waals surface area contributed by atoms with Crippen LogP contribution in [-0.4, -0.2) is 17.5 Å². The summed E-state index contributed by atoms with van der Waals surface area (Å²) in [4.78, 5) is 16.0. The number of para-hydroxylation sites is 2. The molecule has 1 heterocycles. The molecule has 2 rings (SSSR count). The van der Waals surface area contributed by atoms with Crippen molar-refractivity contribution in [2.24, 2.45) is 0 Å². The molecule has 0 fully saturated rings. The Bertz CT molecular complexity index is 632. The summed E-state index contributed by atoms with van der Waals surface area (Å²) in [6.07, 6.45) is 1.34. The van der Waals surface area contributed by atoms with Crippen LogP contribution in [0.25, 0.3) is 0 Å². The quantitative estimate of drug-likeness (QED) is 0.867. The Morgan fingerprint density at radius 1 is 1.35 bits per heavy atom. The van der Waals surface area contributed by atoms with Gasteiger partial charge in [0.05, 0.1) is 22.9 Å². The Labute approximate surface area is 126 Å². The minimum Gasteiger partial charge on any atom is -0.492 e. The van der Waals surface area contributed by atoms with E-state index in [1.54, 1.807) is 18.2 Å². The first kappa shape index (κ1) is 14.6. The Balaban J connectivity index is 2.26. The predicted molar refractivity (Wildman–Crippen MR) is 79.8 cm³/mol. The molecule has 0 bridgehead atoms. The smallest absolute Gasteiger partial charge is 0.257 e. The van der Waals surface area contributed by atoms with Crippen molar-refractivity contribution in [3.63, 3.8) is 0 Å². The van der Waals surface area contributed by atoms with E-state index in [4.69, 9.17) is 27.9 Å². The summed E-state index contributed by atoms with van der Waals surface area (Å²) in [5.41, 5.74) is 0.835. The third-order valence-corrected chi connectivity index (χ3v) is 3.01.